The molecule has 0 fully saturated rings. The molecule has 2 N–H and O–H groups in total. The average molecular weight is 381 g/mol. The van der Waals surface area contributed by atoms with Gasteiger partial charge < -0.3 is 29.7 Å². The largest absolute Gasteiger partial charge is 0.493 e. The number of likely N-dealkylation sites (N-methyl/N-ethyl adjacent to an activating group) is 1. The molecule has 7 nitrogen and oxygen atoms in total. The van der Waals surface area contributed by atoms with Crippen molar-refractivity contribution >= 4 is 5.96 Å². The molecular formula is C20H36N4O3. The summed E-state index contributed by atoms with van der Waals surface area (Å²) in [6.07, 6.45) is 0. The summed E-state index contributed by atoms with van der Waals surface area (Å²) >= 11 is 0. The SMILES string of the molecule is CCN(CC)CCOc1ccc(CNC(=NC)NC(C)COC)cc1OC. The molecule has 0 aliphatic carbocycles. The van der Waals surface area contributed by atoms with Crippen molar-refractivity contribution < 1.29 is 14.2 Å². The fraction of sp³-hybridized carbons (Fsp3) is 0.650. The fourth-order valence-electron chi connectivity index (χ4n) is 2.67. The molecule has 1 aromatic carbocycles. The van der Waals surface area contributed by atoms with Crippen LogP contribution in [-0.4, -0.2) is 71.0 Å². The summed E-state index contributed by atoms with van der Waals surface area (Å²) in [6, 6.07) is 6.17. The van der Waals surface area contributed by atoms with Gasteiger partial charge in [-0.2, -0.15) is 0 Å². The summed E-state index contributed by atoms with van der Waals surface area (Å²) in [4.78, 5) is 6.56. The van der Waals surface area contributed by atoms with E-state index in [2.05, 4.69) is 34.4 Å². The normalized spacial score (nSPS) is 12.8. The predicted molar refractivity (Wildman–Crippen MR) is 111 cm³/mol. The molecular weight excluding hydrogens is 344 g/mol. The van der Waals surface area contributed by atoms with Gasteiger partial charge in [-0.15, -0.1) is 0 Å². The van der Waals surface area contributed by atoms with Crippen LogP contribution in [0.1, 0.15) is 26.3 Å². The van der Waals surface area contributed by atoms with Crippen molar-refractivity contribution in [2.75, 3.05) is 54.1 Å². The van der Waals surface area contributed by atoms with Crippen molar-refractivity contribution in [2.24, 2.45) is 4.99 Å². The number of methoxy groups -OCH3 is 2. The highest BCUT2D eigenvalue weighted by molar-refractivity contribution is 5.79. The molecule has 1 rings (SSSR count). The zero-order chi connectivity index (χ0) is 20.1. The minimum Gasteiger partial charge on any atom is -0.493 e. The quantitative estimate of drug-likeness (QED) is 0.428. The number of benzene rings is 1. The lowest BCUT2D eigenvalue weighted by Gasteiger charge is -2.19. The Morgan fingerprint density at radius 3 is 2.52 bits per heavy atom. The van der Waals surface area contributed by atoms with Crippen molar-refractivity contribution in [1.29, 1.82) is 0 Å². The van der Waals surface area contributed by atoms with Gasteiger partial charge in [-0.25, -0.2) is 0 Å². The van der Waals surface area contributed by atoms with E-state index in [0.717, 1.165) is 42.7 Å². The second-order valence-corrected chi connectivity index (χ2v) is 6.29. The monoisotopic (exact) mass is 380 g/mol. The van der Waals surface area contributed by atoms with Crippen LogP contribution in [0, 0.1) is 0 Å². The first kappa shape index (κ1) is 23.0. The van der Waals surface area contributed by atoms with Crippen LogP contribution in [0.25, 0.3) is 0 Å². The minimum atomic E-state index is 0.178. The van der Waals surface area contributed by atoms with Gasteiger partial charge >= 0.3 is 0 Å². The Morgan fingerprint density at radius 1 is 1.19 bits per heavy atom. The van der Waals surface area contributed by atoms with E-state index in [1.165, 1.54) is 0 Å². The smallest absolute Gasteiger partial charge is 0.191 e. The maximum atomic E-state index is 5.91. The fourth-order valence-corrected chi connectivity index (χ4v) is 2.67. The predicted octanol–water partition coefficient (Wildman–Crippen LogP) is 2.12. The summed E-state index contributed by atoms with van der Waals surface area (Å²) in [6.45, 7) is 11.2. The molecule has 0 amide bonds. The number of guanidine groups is 1. The van der Waals surface area contributed by atoms with Crippen LogP contribution in [0.15, 0.2) is 23.2 Å². The van der Waals surface area contributed by atoms with E-state index in [-0.39, 0.29) is 6.04 Å². The Hall–Kier alpha value is -1.99. The lowest BCUT2D eigenvalue weighted by atomic mass is 10.2. The second kappa shape index (κ2) is 13.2. The number of rotatable bonds is 12. The van der Waals surface area contributed by atoms with E-state index in [1.54, 1.807) is 21.3 Å². The van der Waals surface area contributed by atoms with Gasteiger partial charge in [0.15, 0.2) is 17.5 Å². The summed E-state index contributed by atoms with van der Waals surface area (Å²) in [5.41, 5.74) is 1.09. The lowest BCUT2D eigenvalue weighted by molar-refractivity contribution is 0.179. The first-order chi connectivity index (χ1) is 13.1. The molecule has 1 aromatic rings. The molecule has 0 aliphatic rings. The van der Waals surface area contributed by atoms with Crippen molar-refractivity contribution in [3.8, 4) is 11.5 Å². The van der Waals surface area contributed by atoms with Gasteiger partial charge in [-0.3, -0.25) is 4.99 Å². The maximum absolute atomic E-state index is 5.91. The van der Waals surface area contributed by atoms with E-state index < -0.39 is 0 Å². The number of ether oxygens (including phenoxy) is 3. The summed E-state index contributed by atoms with van der Waals surface area (Å²) in [7, 11) is 5.10. The Labute approximate surface area is 164 Å². The molecule has 0 aliphatic heterocycles. The summed E-state index contributed by atoms with van der Waals surface area (Å²) in [5.74, 6) is 2.24. The van der Waals surface area contributed by atoms with Crippen LogP contribution in [-0.2, 0) is 11.3 Å². The molecule has 1 atom stereocenters. The molecule has 0 heterocycles. The van der Waals surface area contributed by atoms with E-state index in [9.17, 15) is 0 Å². The van der Waals surface area contributed by atoms with E-state index in [1.807, 2.05) is 25.1 Å². The molecule has 27 heavy (non-hydrogen) atoms. The van der Waals surface area contributed by atoms with Gasteiger partial charge in [0.1, 0.15) is 6.61 Å². The zero-order valence-electron chi connectivity index (χ0n) is 17.7. The number of hydrogen-bond donors (Lipinski definition) is 2. The molecule has 7 heteroatoms. The average Bonchev–Trinajstić information content (AvgIpc) is 2.69. The van der Waals surface area contributed by atoms with Crippen LogP contribution in [0.3, 0.4) is 0 Å². The molecule has 0 bridgehead atoms. The number of hydrogen-bond acceptors (Lipinski definition) is 5. The second-order valence-electron chi connectivity index (χ2n) is 6.29. The third-order valence-electron chi connectivity index (χ3n) is 4.27. The van der Waals surface area contributed by atoms with Crippen molar-refractivity contribution in [2.45, 2.75) is 33.4 Å². The topological polar surface area (TPSA) is 67.4 Å². The van der Waals surface area contributed by atoms with E-state index in [0.29, 0.717) is 19.8 Å². The molecule has 154 valence electrons. The molecule has 0 saturated heterocycles. The molecule has 0 saturated carbocycles. The van der Waals surface area contributed by atoms with Crippen LogP contribution in [0.4, 0.5) is 0 Å². The third kappa shape index (κ3) is 8.49. The number of aliphatic imine (C=N–C) groups is 1. The maximum Gasteiger partial charge on any atom is 0.191 e. The molecule has 0 radical (unpaired) electrons. The number of nitrogens with zero attached hydrogens (tertiary/aromatic N) is 2. The van der Waals surface area contributed by atoms with Crippen molar-refractivity contribution in [3.63, 3.8) is 0 Å². The van der Waals surface area contributed by atoms with Crippen LogP contribution in [0.2, 0.25) is 0 Å². The molecule has 0 spiro atoms. The standard InChI is InChI=1S/C20H36N4O3/c1-7-24(8-2)11-12-27-18-10-9-17(13-19(18)26-6)14-22-20(21-4)23-16(3)15-25-5/h9-10,13,16H,7-8,11-12,14-15H2,1-6H3,(H2,21,22,23). The number of nitrogens with one attached hydrogen (secondary N) is 2. The van der Waals surface area contributed by atoms with Gasteiger partial charge in [0.05, 0.1) is 13.7 Å². The van der Waals surface area contributed by atoms with Gasteiger partial charge in [0, 0.05) is 33.3 Å². The minimum absolute atomic E-state index is 0.178. The molecule has 1 unspecified atom stereocenters. The highest BCUT2D eigenvalue weighted by Gasteiger charge is 2.09. The van der Waals surface area contributed by atoms with Crippen LogP contribution < -0.4 is 20.1 Å². The Kier molecular flexibility index (Phi) is 11.3. The summed E-state index contributed by atoms with van der Waals surface area (Å²) in [5, 5.41) is 6.58. The summed E-state index contributed by atoms with van der Waals surface area (Å²) < 4.78 is 16.5. The zero-order valence-corrected chi connectivity index (χ0v) is 17.7. The van der Waals surface area contributed by atoms with Crippen molar-refractivity contribution in [3.05, 3.63) is 23.8 Å². The lowest BCUT2D eigenvalue weighted by Crippen LogP contribution is -2.43. The Bertz CT molecular complexity index is 562. The van der Waals surface area contributed by atoms with Gasteiger partial charge in [-0.1, -0.05) is 19.9 Å². The first-order valence-electron chi connectivity index (χ1n) is 9.56. The van der Waals surface area contributed by atoms with Gasteiger partial charge in [0.25, 0.3) is 0 Å². The highest BCUT2D eigenvalue weighted by atomic mass is 16.5. The van der Waals surface area contributed by atoms with Gasteiger partial charge in [0.2, 0.25) is 0 Å². The van der Waals surface area contributed by atoms with E-state index >= 15 is 0 Å². The van der Waals surface area contributed by atoms with Gasteiger partial charge in [-0.05, 0) is 37.7 Å². The molecule has 0 aromatic heterocycles. The first-order valence-corrected chi connectivity index (χ1v) is 9.56. The van der Waals surface area contributed by atoms with E-state index in [4.69, 9.17) is 14.2 Å². The van der Waals surface area contributed by atoms with Crippen LogP contribution >= 0.6 is 0 Å². The Balaban J connectivity index is 2.60. The van der Waals surface area contributed by atoms with Crippen LogP contribution in [0.5, 0.6) is 11.5 Å². The Morgan fingerprint density at radius 2 is 1.93 bits per heavy atom. The third-order valence-corrected chi connectivity index (χ3v) is 4.27. The van der Waals surface area contributed by atoms with Crippen molar-refractivity contribution in [1.82, 2.24) is 15.5 Å². The highest BCUT2D eigenvalue weighted by Crippen LogP contribution is 2.28.